The van der Waals surface area contributed by atoms with Crippen molar-refractivity contribution < 1.29 is 28.9 Å². The summed E-state index contributed by atoms with van der Waals surface area (Å²) in [5, 5.41) is 11.4. The molecule has 4 fully saturated rings. The minimum atomic E-state index is -0.952. The minimum Gasteiger partial charge on any atom is -0.459 e. The first-order valence-electron chi connectivity index (χ1n) is 13.5. The molecule has 3 unspecified atom stereocenters. The average Bonchev–Trinajstić information content (AvgIpc) is 3.13. The van der Waals surface area contributed by atoms with Crippen molar-refractivity contribution in [3.05, 3.63) is 12.2 Å². The van der Waals surface area contributed by atoms with Crippen LogP contribution >= 0.6 is 0 Å². The van der Waals surface area contributed by atoms with Gasteiger partial charge < -0.3 is 19.3 Å². The Balaban J connectivity index is 1.63. The molecule has 0 aromatic heterocycles. The Morgan fingerprint density at radius 2 is 1.94 bits per heavy atom. The second-order valence-corrected chi connectivity index (χ2v) is 11.8. The molecular weight excluding hydrogens is 432 g/mol. The molecule has 192 valence electrons. The molecule has 0 aromatic rings. The highest BCUT2D eigenvalue weighted by atomic mass is 16.6. The number of Topliss-reactive ketones (excluding diaryl/α,β-unsaturated/α-hetero) is 1. The van der Waals surface area contributed by atoms with E-state index in [1.165, 1.54) is 6.42 Å². The molecule has 0 spiro atoms. The van der Waals surface area contributed by atoms with Crippen molar-refractivity contribution in [2.24, 2.45) is 23.7 Å². The summed E-state index contributed by atoms with van der Waals surface area (Å²) in [7, 11) is 0. The van der Waals surface area contributed by atoms with Crippen molar-refractivity contribution in [1.82, 2.24) is 0 Å². The molecule has 1 aliphatic carbocycles. The number of hydrogen-bond acceptors (Lipinski definition) is 6. The number of carbonyl (C=O) groups is 2. The summed E-state index contributed by atoms with van der Waals surface area (Å²) >= 11 is 0. The lowest BCUT2D eigenvalue weighted by Crippen LogP contribution is -2.58. The zero-order valence-electron chi connectivity index (χ0n) is 21.5. The van der Waals surface area contributed by atoms with E-state index in [2.05, 4.69) is 20.4 Å². The van der Waals surface area contributed by atoms with E-state index in [0.717, 1.165) is 32.1 Å². The predicted octanol–water partition coefficient (Wildman–Crippen LogP) is 4.76. The highest BCUT2D eigenvalue weighted by Gasteiger charge is 2.66. The van der Waals surface area contributed by atoms with Crippen LogP contribution in [0, 0.1) is 23.7 Å². The topological polar surface area (TPSA) is 82.1 Å². The summed E-state index contributed by atoms with van der Waals surface area (Å²) in [5.41, 5.74) is -1.34. The van der Waals surface area contributed by atoms with Crippen LogP contribution < -0.4 is 0 Å². The van der Waals surface area contributed by atoms with Crippen LogP contribution in [-0.2, 0) is 23.8 Å². The lowest BCUT2D eigenvalue weighted by Gasteiger charge is -2.48. The van der Waals surface area contributed by atoms with Gasteiger partial charge in [0.25, 0.3) is 0 Å². The number of ketones is 1. The number of rotatable bonds is 7. The molecule has 3 saturated heterocycles. The van der Waals surface area contributed by atoms with E-state index in [-0.39, 0.29) is 42.2 Å². The number of fused-ring (bicyclic) bond motifs is 2. The second-order valence-electron chi connectivity index (χ2n) is 11.8. The van der Waals surface area contributed by atoms with Crippen LogP contribution in [0.2, 0.25) is 0 Å². The Bertz CT molecular complexity index is 790. The van der Waals surface area contributed by atoms with Gasteiger partial charge >= 0.3 is 5.97 Å². The van der Waals surface area contributed by atoms with E-state index in [1.807, 2.05) is 13.8 Å². The third kappa shape index (κ3) is 4.75. The number of aliphatic hydroxyl groups is 1. The Kier molecular flexibility index (Phi) is 7.62. The zero-order chi connectivity index (χ0) is 24.7. The standard InChI is InChI=1S/C28H44O6/c1-6-7-8-9-10-11-23(30)34-22-15-20(29)17(2)14-21-25-24-19(12-13-27(25,4)31)18(3)16-32-28(22,5)26(24)33-21/h18-19,21-22,24-26,31H,2,6-16H2,1,3-5H3/t18-,19?,21?,22+,24-,25-,26?,27-,28-/m0/s1. The van der Waals surface area contributed by atoms with Gasteiger partial charge in [0.05, 0.1) is 30.8 Å². The van der Waals surface area contributed by atoms with E-state index in [4.69, 9.17) is 14.2 Å². The van der Waals surface area contributed by atoms with Crippen LogP contribution in [0.3, 0.4) is 0 Å². The van der Waals surface area contributed by atoms with Gasteiger partial charge in [-0.1, -0.05) is 46.1 Å². The van der Waals surface area contributed by atoms with Crippen LogP contribution in [0.5, 0.6) is 0 Å². The lowest BCUT2D eigenvalue weighted by atomic mass is 9.58. The molecule has 3 aliphatic heterocycles. The van der Waals surface area contributed by atoms with Gasteiger partial charge in [-0.15, -0.1) is 0 Å². The molecule has 4 aliphatic rings. The van der Waals surface area contributed by atoms with Crippen molar-refractivity contribution >= 4 is 11.8 Å². The SMILES string of the molecule is C=C1CC2OC3[C@H]4C(CC[C@](C)(O)[C@@H]24)[C@@H](C)CO[C@@]3(C)[C@H](OC(=O)CCCCCCC)CC1=O. The lowest BCUT2D eigenvalue weighted by molar-refractivity contribution is -0.202. The van der Waals surface area contributed by atoms with E-state index in [0.29, 0.717) is 43.3 Å². The molecule has 0 radical (unpaired) electrons. The number of ether oxygens (including phenoxy) is 3. The maximum absolute atomic E-state index is 13.1. The molecule has 0 aromatic carbocycles. The van der Waals surface area contributed by atoms with Crippen molar-refractivity contribution in [2.75, 3.05) is 6.61 Å². The maximum atomic E-state index is 13.1. The van der Waals surface area contributed by atoms with Crippen molar-refractivity contribution in [1.29, 1.82) is 0 Å². The molecular formula is C28H44O6. The summed E-state index contributed by atoms with van der Waals surface area (Å²) < 4.78 is 19.3. The molecule has 0 amide bonds. The minimum absolute atomic E-state index is 0.0658. The van der Waals surface area contributed by atoms with Crippen molar-refractivity contribution in [2.45, 2.75) is 121 Å². The predicted molar refractivity (Wildman–Crippen MR) is 129 cm³/mol. The van der Waals surface area contributed by atoms with E-state index in [1.54, 1.807) is 0 Å². The summed E-state index contributed by atoms with van der Waals surface area (Å²) in [6.07, 6.45) is 6.32. The molecule has 9 atom stereocenters. The van der Waals surface area contributed by atoms with Crippen LogP contribution in [-0.4, -0.2) is 53.0 Å². The Morgan fingerprint density at radius 1 is 1.21 bits per heavy atom. The molecule has 34 heavy (non-hydrogen) atoms. The number of esters is 1. The Hall–Kier alpha value is -1.24. The van der Waals surface area contributed by atoms with Crippen LogP contribution in [0.4, 0.5) is 0 Å². The van der Waals surface area contributed by atoms with E-state index in [9.17, 15) is 14.7 Å². The quantitative estimate of drug-likeness (QED) is 0.324. The Labute approximate surface area is 204 Å². The van der Waals surface area contributed by atoms with E-state index < -0.39 is 17.3 Å². The summed E-state index contributed by atoms with van der Waals surface area (Å²) in [6.45, 7) is 12.8. The van der Waals surface area contributed by atoms with Gasteiger partial charge in [-0.2, -0.15) is 0 Å². The normalized spacial score (nSPS) is 44.1. The van der Waals surface area contributed by atoms with E-state index >= 15 is 0 Å². The molecule has 4 rings (SSSR count). The van der Waals surface area contributed by atoms with Gasteiger partial charge in [-0.3, -0.25) is 9.59 Å². The Morgan fingerprint density at radius 3 is 2.68 bits per heavy atom. The fraction of sp³-hybridized carbons (Fsp3) is 0.857. The fourth-order valence-electron chi connectivity index (χ4n) is 7.19. The number of hydrogen-bond donors (Lipinski definition) is 1. The molecule has 6 heteroatoms. The van der Waals surface area contributed by atoms with Gasteiger partial charge in [0.2, 0.25) is 0 Å². The van der Waals surface area contributed by atoms with Crippen LogP contribution in [0.1, 0.15) is 91.9 Å². The number of carbonyl (C=O) groups excluding carboxylic acids is 2. The summed E-state index contributed by atoms with van der Waals surface area (Å²) in [6, 6.07) is 0. The third-order valence-corrected chi connectivity index (χ3v) is 9.25. The molecule has 3 heterocycles. The highest BCUT2D eigenvalue weighted by Crippen LogP contribution is 2.58. The fourth-order valence-corrected chi connectivity index (χ4v) is 7.19. The molecule has 1 saturated carbocycles. The molecule has 2 bridgehead atoms. The van der Waals surface area contributed by atoms with Gasteiger partial charge in [-0.25, -0.2) is 0 Å². The summed E-state index contributed by atoms with van der Waals surface area (Å²) in [4.78, 5) is 26.0. The first-order chi connectivity index (χ1) is 16.1. The van der Waals surface area contributed by atoms with Crippen LogP contribution in [0.25, 0.3) is 0 Å². The van der Waals surface area contributed by atoms with Crippen molar-refractivity contribution in [3.63, 3.8) is 0 Å². The van der Waals surface area contributed by atoms with Crippen molar-refractivity contribution in [3.8, 4) is 0 Å². The average molecular weight is 477 g/mol. The monoisotopic (exact) mass is 476 g/mol. The maximum Gasteiger partial charge on any atom is 0.306 e. The molecule has 1 N–H and O–H groups in total. The largest absolute Gasteiger partial charge is 0.459 e. The van der Waals surface area contributed by atoms with Gasteiger partial charge in [0.15, 0.2) is 5.78 Å². The zero-order valence-corrected chi connectivity index (χ0v) is 21.5. The number of unbranched alkanes of at least 4 members (excludes halogenated alkanes) is 4. The van der Waals surface area contributed by atoms with Gasteiger partial charge in [-0.05, 0) is 56.4 Å². The highest BCUT2D eigenvalue weighted by molar-refractivity contribution is 5.95. The third-order valence-electron chi connectivity index (χ3n) is 9.25. The summed E-state index contributed by atoms with van der Waals surface area (Å²) in [5.74, 6) is 0.261. The first kappa shape index (κ1) is 25.8. The van der Waals surface area contributed by atoms with Crippen LogP contribution in [0.15, 0.2) is 12.2 Å². The first-order valence-corrected chi connectivity index (χ1v) is 13.5. The molecule has 6 nitrogen and oxygen atoms in total. The second kappa shape index (κ2) is 10.0. The smallest absolute Gasteiger partial charge is 0.306 e. The van der Waals surface area contributed by atoms with Gasteiger partial charge in [0.1, 0.15) is 11.7 Å². The van der Waals surface area contributed by atoms with Gasteiger partial charge in [0, 0.05) is 18.8 Å².